The maximum atomic E-state index is 15.5. The summed E-state index contributed by atoms with van der Waals surface area (Å²) < 4.78 is 30.7. The van der Waals surface area contributed by atoms with Gasteiger partial charge in [0.15, 0.2) is 14.3 Å². The topological polar surface area (TPSA) is 34.1 Å². The molecule has 6 rings (SSSR count). The van der Waals surface area contributed by atoms with Gasteiger partial charge in [-0.05, 0) is 127 Å². The lowest BCUT2D eigenvalue weighted by Crippen LogP contribution is -2.17. The maximum Gasteiger partial charge on any atom is 0.174 e. The van der Waals surface area contributed by atoms with Gasteiger partial charge in [-0.15, -0.1) is 5.73 Å². The van der Waals surface area contributed by atoms with Gasteiger partial charge in [0.25, 0.3) is 0 Å². The molecule has 0 unspecified atom stereocenters. The standard InChI is InChI=1S/C38H34Cl4O2P2/c1-24(45(43,30-15-7-26(39)8-16-30)31-17-9-27(40)10-18-31)23-34-36(3,4)38(34)35(37(38,5)6)25(2)46(44,32-19-11-28(41)12-20-32)33-21-13-29(42)14-22-33/h7-22H,1-6H3/b35-25+/t23?,38-/m0/s1. The van der Waals surface area contributed by atoms with Crippen molar-refractivity contribution < 1.29 is 9.13 Å². The molecular formula is C38H34Cl4O2P2. The molecule has 236 valence electrons. The van der Waals surface area contributed by atoms with Gasteiger partial charge in [-0.3, -0.25) is 0 Å². The molecule has 2 fully saturated rings. The second-order valence-electron chi connectivity index (χ2n) is 13.2. The van der Waals surface area contributed by atoms with E-state index in [1.54, 1.807) is 48.5 Å². The van der Waals surface area contributed by atoms with E-state index in [2.05, 4.69) is 33.4 Å². The highest BCUT2D eigenvalue weighted by molar-refractivity contribution is 7.82. The zero-order chi connectivity index (χ0) is 33.4. The lowest BCUT2D eigenvalue weighted by Gasteiger charge is -2.21. The molecule has 0 bridgehead atoms. The Morgan fingerprint density at radius 2 is 0.826 bits per heavy atom. The summed E-state index contributed by atoms with van der Waals surface area (Å²) in [6, 6.07) is 28.9. The van der Waals surface area contributed by atoms with Crippen LogP contribution >= 0.6 is 60.7 Å². The van der Waals surface area contributed by atoms with E-state index in [1.807, 2.05) is 62.4 Å². The van der Waals surface area contributed by atoms with Crippen LogP contribution in [0.15, 0.2) is 125 Å². The summed E-state index contributed by atoms with van der Waals surface area (Å²) in [5.41, 5.74) is 4.91. The van der Waals surface area contributed by atoms with Crippen molar-refractivity contribution in [2.45, 2.75) is 41.5 Å². The highest BCUT2D eigenvalue weighted by atomic mass is 35.5. The van der Waals surface area contributed by atoms with Gasteiger partial charge in [-0.2, -0.15) is 0 Å². The van der Waals surface area contributed by atoms with Crippen molar-refractivity contribution in [3.63, 3.8) is 0 Å². The van der Waals surface area contributed by atoms with Crippen LogP contribution in [-0.4, -0.2) is 0 Å². The third-order valence-corrected chi connectivity index (χ3v) is 17.5. The van der Waals surface area contributed by atoms with Crippen LogP contribution in [0.25, 0.3) is 0 Å². The van der Waals surface area contributed by atoms with E-state index in [1.165, 1.54) is 0 Å². The monoisotopic (exact) mass is 724 g/mol. The third kappa shape index (κ3) is 4.84. The first-order chi connectivity index (χ1) is 21.5. The second kappa shape index (κ2) is 11.4. The summed E-state index contributed by atoms with van der Waals surface area (Å²) in [7, 11) is -6.59. The maximum absolute atomic E-state index is 15.5. The SMILES string of the molecule is CC(=C=C1C(C)(C)[C@@]12/C(=C(\C)P(=O)(c1ccc(Cl)cc1)c1ccc(Cl)cc1)C2(C)C)P(=O)(c1ccc(Cl)cc1)c1ccc(Cl)cc1. The predicted molar refractivity (Wildman–Crippen MR) is 198 cm³/mol. The van der Waals surface area contributed by atoms with Crippen LogP contribution in [0.2, 0.25) is 20.1 Å². The largest absolute Gasteiger partial charge is 0.309 e. The minimum Gasteiger partial charge on any atom is -0.309 e. The summed E-state index contributed by atoms with van der Waals surface area (Å²) in [5, 5.41) is 6.59. The average Bonchev–Trinajstić information content (AvgIpc) is 3.75. The Balaban J connectivity index is 1.58. The van der Waals surface area contributed by atoms with Crippen molar-refractivity contribution in [3.05, 3.63) is 145 Å². The number of hydrogen-bond donors (Lipinski definition) is 0. The van der Waals surface area contributed by atoms with Crippen LogP contribution in [0.5, 0.6) is 0 Å². The van der Waals surface area contributed by atoms with Crippen LogP contribution < -0.4 is 21.2 Å². The molecule has 0 radical (unpaired) electrons. The molecule has 2 saturated carbocycles. The van der Waals surface area contributed by atoms with Crippen LogP contribution in [0.1, 0.15) is 41.5 Å². The quantitative estimate of drug-likeness (QED) is 0.146. The summed E-state index contributed by atoms with van der Waals surface area (Å²) in [6.45, 7) is 12.7. The highest BCUT2D eigenvalue weighted by Crippen LogP contribution is 2.94. The lowest BCUT2D eigenvalue weighted by molar-refractivity contribution is 0.451. The number of rotatable bonds is 6. The van der Waals surface area contributed by atoms with E-state index in [0.717, 1.165) is 16.5 Å². The average molecular weight is 726 g/mol. The molecular weight excluding hydrogens is 692 g/mol. The molecule has 4 aromatic rings. The number of hydrogen-bond acceptors (Lipinski definition) is 2. The molecule has 0 saturated heterocycles. The summed E-state index contributed by atoms with van der Waals surface area (Å²) >= 11 is 25.0. The second-order valence-corrected chi connectivity index (χ2v) is 20.8. The number of halogens is 4. The lowest BCUT2D eigenvalue weighted by atomic mass is 10.0. The molecule has 0 amide bonds. The van der Waals surface area contributed by atoms with E-state index in [-0.39, 0.29) is 16.2 Å². The van der Waals surface area contributed by atoms with E-state index < -0.39 is 14.3 Å². The summed E-state index contributed by atoms with van der Waals surface area (Å²) in [4.78, 5) is 0. The molecule has 0 N–H and O–H groups in total. The van der Waals surface area contributed by atoms with Gasteiger partial charge < -0.3 is 9.13 Å². The van der Waals surface area contributed by atoms with Crippen molar-refractivity contribution in [3.8, 4) is 0 Å². The molecule has 2 nitrogen and oxygen atoms in total. The Morgan fingerprint density at radius 3 is 1.15 bits per heavy atom. The van der Waals surface area contributed by atoms with Crippen molar-refractivity contribution in [1.29, 1.82) is 0 Å². The Bertz CT molecular complexity index is 1970. The van der Waals surface area contributed by atoms with Crippen molar-refractivity contribution in [2.24, 2.45) is 16.2 Å². The smallest absolute Gasteiger partial charge is 0.174 e. The fourth-order valence-corrected chi connectivity index (χ4v) is 13.9. The van der Waals surface area contributed by atoms with Crippen molar-refractivity contribution >= 4 is 81.9 Å². The van der Waals surface area contributed by atoms with E-state index in [0.29, 0.717) is 46.6 Å². The molecule has 2 aliphatic carbocycles. The van der Waals surface area contributed by atoms with Gasteiger partial charge in [-0.25, -0.2) is 0 Å². The molecule has 1 atom stereocenters. The molecule has 8 heteroatoms. The first-order valence-corrected chi connectivity index (χ1v) is 19.9. The van der Waals surface area contributed by atoms with Gasteiger partial charge in [0.2, 0.25) is 0 Å². The van der Waals surface area contributed by atoms with Crippen LogP contribution in [0, 0.1) is 16.2 Å². The van der Waals surface area contributed by atoms with Crippen LogP contribution in [0.4, 0.5) is 0 Å². The molecule has 4 aromatic carbocycles. The zero-order valence-electron chi connectivity index (χ0n) is 26.5. The van der Waals surface area contributed by atoms with Gasteiger partial charge in [0.1, 0.15) is 0 Å². The zero-order valence-corrected chi connectivity index (χ0v) is 31.3. The fraction of sp³-hybridized carbons (Fsp3) is 0.237. The van der Waals surface area contributed by atoms with Gasteiger partial charge in [-0.1, -0.05) is 74.1 Å². The van der Waals surface area contributed by atoms with Gasteiger partial charge in [0, 0.05) is 62.9 Å². The van der Waals surface area contributed by atoms with Gasteiger partial charge >= 0.3 is 0 Å². The summed E-state index contributed by atoms with van der Waals surface area (Å²) in [6.07, 6.45) is 0. The number of allylic oxidation sites excluding steroid dienone is 3. The number of benzene rings is 4. The highest BCUT2D eigenvalue weighted by Gasteiger charge is 2.88. The molecule has 0 heterocycles. The minimum absolute atomic E-state index is 0.302. The predicted octanol–water partition coefficient (Wildman–Crippen LogP) is 11.4. The molecule has 1 spiro atoms. The normalized spacial score (nSPS) is 20.7. The molecule has 2 aliphatic rings. The Kier molecular flexibility index (Phi) is 8.36. The van der Waals surface area contributed by atoms with Gasteiger partial charge in [0.05, 0.1) is 0 Å². The van der Waals surface area contributed by atoms with Crippen molar-refractivity contribution in [1.82, 2.24) is 0 Å². The molecule has 46 heavy (non-hydrogen) atoms. The van der Waals surface area contributed by atoms with Crippen LogP contribution in [-0.2, 0) is 9.13 Å². The molecule has 0 aromatic heterocycles. The van der Waals surface area contributed by atoms with E-state index in [9.17, 15) is 0 Å². The Labute approximate surface area is 291 Å². The first kappa shape index (κ1) is 33.7. The minimum atomic E-state index is -3.30. The first-order valence-electron chi connectivity index (χ1n) is 15.0. The van der Waals surface area contributed by atoms with Crippen LogP contribution in [0.3, 0.4) is 0 Å². The Hall–Kier alpha value is -2.24. The van der Waals surface area contributed by atoms with E-state index >= 15 is 9.13 Å². The summed E-state index contributed by atoms with van der Waals surface area (Å²) in [5.74, 6) is 0. The fourth-order valence-electron chi connectivity index (χ4n) is 7.91. The third-order valence-electron chi connectivity index (χ3n) is 10.1. The Morgan fingerprint density at radius 1 is 0.522 bits per heavy atom. The molecule has 0 aliphatic heterocycles. The van der Waals surface area contributed by atoms with Crippen molar-refractivity contribution in [2.75, 3.05) is 0 Å². The van der Waals surface area contributed by atoms with E-state index in [4.69, 9.17) is 46.4 Å².